The van der Waals surface area contributed by atoms with E-state index in [0.717, 1.165) is 38.3 Å². The number of aromatic nitrogens is 1. The molecule has 0 radical (unpaired) electrons. The number of hydrazine groups is 1. The van der Waals surface area contributed by atoms with E-state index in [4.69, 9.17) is 22.2 Å². The zero-order valence-corrected chi connectivity index (χ0v) is 29.7. The van der Waals surface area contributed by atoms with Gasteiger partial charge in [-0.1, -0.05) is 28.5 Å². The molecule has 3 atom stereocenters. The van der Waals surface area contributed by atoms with Crippen LogP contribution in [0.5, 0.6) is 11.5 Å². The maximum atomic E-state index is 13.4. The minimum absolute atomic E-state index is 0.0559. The van der Waals surface area contributed by atoms with Gasteiger partial charge >= 0.3 is 18.0 Å². The summed E-state index contributed by atoms with van der Waals surface area (Å²) in [5.41, 5.74) is 5.47. The molecule has 6 rings (SSSR count). The second-order valence-electron chi connectivity index (χ2n) is 12.2. The number of thioether (sulfide) groups is 1. The van der Waals surface area contributed by atoms with Crippen LogP contribution in [-0.4, -0.2) is 141 Å². The van der Waals surface area contributed by atoms with Crippen molar-refractivity contribution in [2.24, 2.45) is 5.16 Å². The molecule has 9 N–H and O–H groups in total. The van der Waals surface area contributed by atoms with Crippen LogP contribution in [0.15, 0.2) is 22.7 Å². The number of anilines is 1. The Hall–Kier alpha value is -5.88. The normalized spacial score (nSPS) is 22.6. The van der Waals surface area contributed by atoms with Gasteiger partial charge in [0.05, 0.1) is 23.7 Å². The first-order valence-electron chi connectivity index (χ1n) is 15.6. The van der Waals surface area contributed by atoms with E-state index in [1.165, 1.54) is 5.38 Å². The first-order chi connectivity index (χ1) is 25.5. The molecule has 6 amide bonds. The van der Waals surface area contributed by atoms with Gasteiger partial charge in [0, 0.05) is 37.7 Å². The molecule has 25 heteroatoms. The number of carboxylic acid groups (broad SMARTS) is 2. The van der Waals surface area contributed by atoms with Crippen LogP contribution in [0, 0.1) is 0 Å². The molecular formula is C29H28ClN9O13S2. The molecule has 54 heavy (non-hydrogen) atoms. The number of thiazole rings is 1. The minimum atomic E-state index is -2.03. The van der Waals surface area contributed by atoms with E-state index in [1.54, 1.807) is 0 Å². The van der Waals surface area contributed by atoms with Crippen LogP contribution in [-0.2, 0) is 33.6 Å². The fraction of sp³-hybridized carbons (Fsp3) is 0.379. The number of nitrogen functional groups attached to an aromatic ring is 1. The summed E-state index contributed by atoms with van der Waals surface area (Å²) < 4.78 is 0. The molecule has 1 aromatic heterocycles. The zero-order valence-electron chi connectivity index (χ0n) is 27.3. The largest absolute Gasteiger partial charge is 0.504 e. The van der Waals surface area contributed by atoms with Gasteiger partial charge in [0.15, 0.2) is 22.3 Å². The van der Waals surface area contributed by atoms with Crippen molar-refractivity contribution in [3.05, 3.63) is 33.8 Å². The number of urea groups is 1. The summed E-state index contributed by atoms with van der Waals surface area (Å²) >= 11 is 7.49. The highest BCUT2D eigenvalue weighted by atomic mass is 35.5. The summed E-state index contributed by atoms with van der Waals surface area (Å²) in [6, 6.07) is -0.227. The number of Topliss-reactive ketones (excluding diaryl/α,β-unsaturated/α-hetero) is 1. The molecule has 22 nitrogen and oxygen atoms in total. The number of nitrogens with zero attached hydrogens (tertiary/aromatic N) is 5. The molecular weight excluding hydrogens is 782 g/mol. The van der Waals surface area contributed by atoms with Gasteiger partial charge in [-0.05, 0) is 12.1 Å². The zero-order chi connectivity index (χ0) is 39.3. The number of phenols is 2. The molecule has 1 aliphatic carbocycles. The summed E-state index contributed by atoms with van der Waals surface area (Å²) in [7, 11) is 0. The first kappa shape index (κ1) is 37.9. The Bertz CT molecular complexity index is 2040. The highest BCUT2D eigenvalue weighted by Crippen LogP contribution is 2.49. The summed E-state index contributed by atoms with van der Waals surface area (Å²) in [4.78, 5) is 111. The van der Waals surface area contributed by atoms with Crippen molar-refractivity contribution >= 4 is 92.9 Å². The Morgan fingerprint density at radius 1 is 1.07 bits per heavy atom. The molecule has 4 fully saturated rings. The summed E-state index contributed by atoms with van der Waals surface area (Å²) in [6.45, 7) is -1.20. The van der Waals surface area contributed by atoms with Crippen LogP contribution >= 0.6 is 34.7 Å². The number of rotatable bonds is 14. The Morgan fingerprint density at radius 2 is 1.80 bits per heavy atom. The average Bonchev–Trinajstić information content (AvgIpc) is 3.47. The van der Waals surface area contributed by atoms with Gasteiger partial charge in [0.25, 0.3) is 17.6 Å². The molecule has 3 saturated heterocycles. The number of nitrogens with two attached hydrogens (primary N) is 1. The maximum Gasteiger partial charge on any atom is 0.350 e. The third-order valence-corrected chi connectivity index (χ3v) is 11.5. The van der Waals surface area contributed by atoms with Gasteiger partial charge in [-0.3, -0.25) is 34.3 Å². The second kappa shape index (κ2) is 14.2. The van der Waals surface area contributed by atoms with Crippen molar-refractivity contribution in [3.63, 3.8) is 0 Å². The maximum absolute atomic E-state index is 13.4. The van der Waals surface area contributed by atoms with Gasteiger partial charge in [-0.25, -0.2) is 24.4 Å². The van der Waals surface area contributed by atoms with Gasteiger partial charge < -0.3 is 46.5 Å². The van der Waals surface area contributed by atoms with Crippen molar-refractivity contribution < 1.29 is 63.6 Å². The predicted molar refractivity (Wildman–Crippen MR) is 183 cm³/mol. The van der Waals surface area contributed by atoms with E-state index in [0.29, 0.717) is 11.8 Å². The van der Waals surface area contributed by atoms with Crippen molar-refractivity contribution in [2.45, 2.75) is 41.2 Å². The van der Waals surface area contributed by atoms with E-state index < -0.39 is 110 Å². The van der Waals surface area contributed by atoms with Gasteiger partial charge in [0.2, 0.25) is 22.3 Å². The standard InChI is InChI=1S/C29H28ClN9O13S2/c30-15-11(1-2-13(40)19(15)43)18(42)21(45)32-6-3-14(41)35-39-8-7-38(27(39)51)29(25(49)50)10-37-22(46)17(23(37)54-29)34-20(44)16(12-9-53-26(31)33-12)36-52-28(4-5-28)24(47)48/h1-2,9,17,23,40,43H,3-8,10H2,(H2,31,33)(H,32,45)(H,34,44)(H,35,41)(H,47,48)(H,49,50)/b36-16-/t17-,23-,29-/m1/s1. The number of carbonyl (C=O) groups is 8. The van der Waals surface area contributed by atoms with Gasteiger partial charge in [-0.2, -0.15) is 0 Å². The number of hydrogen-bond donors (Lipinski definition) is 8. The van der Waals surface area contributed by atoms with Crippen LogP contribution in [0.25, 0.3) is 0 Å². The molecule has 4 aliphatic rings. The van der Waals surface area contributed by atoms with E-state index in [9.17, 15) is 58.8 Å². The van der Waals surface area contributed by atoms with Crippen molar-refractivity contribution in [1.82, 2.24) is 35.9 Å². The summed E-state index contributed by atoms with van der Waals surface area (Å²) in [5.74, 6) is -8.95. The van der Waals surface area contributed by atoms with Gasteiger partial charge in [0.1, 0.15) is 17.1 Å². The number of β-lactam (4-membered cyclic amide) rings is 1. The van der Waals surface area contributed by atoms with Crippen LogP contribution in [0.1, 0.15) is 35.3 Å². The van der Waals surface area contributed by atoms with Crippen LogP contribution in [0.2, 0.25) is 5.02 Å². The molecule has 0 bridgehead atoms. The third-order valence-electron chi connectivity index (χ3n) is 8.74. The van der Waals surface area contributed by atoms with Crippen molar-refractivity contribution in [2.75, 3.05) is 31.9 Å². The number of halogens is 1. The number of nitrogens with one attached hydrogen (secondary N) is 3. The number of benzene rings is 1. The number of amides is 6. The van der Waals surface area contributed by atoms with E-state index in [2.05, 4.69) is 26.2 Å². The molecule has 286 valence electrons. The smallest absolute Gasteiger partial charge is 0.350 e. The van der Waals surface area contributed by atoms with Crippen molar-refractivity contribution in [1.29, 1.82) is 0 Å². The number of aromatic hydroxyl groups is 2. The van der Waals surface area contributed by atoms with E-state index >= 15 is 0 Å². The summed E-state index contributed by atoms with van der Waals surface area (Å²) in [6.07, 6.45) is -0.132. The highest BCUT2D eigenvalue weighted by molar-refractivity contribution is 8.02. The van der Waals surface area contributed by atoms with Crippen LogP contribution in [0.4, 0.5) is 9.93 Å². The number of ketones is 1. The Labute approximate surface area is 315 Å². The minimum Gasteiger partial charge on any atom is -0.504 e. The van der Waals surface area contributed by atoms with Crippen LogP contribution in [0.3, 0.4) is 0 Å². The highest BCUT2D eigenvalue weighted by Gasteiger charge is 2.66. The Balaban J connectivity index is 1.06. The fourth-order valence-corrected chi connectivity index (χ4v) is 8.04. The fourth-order valence-electron chi connectivity index (χ4n) is 5.61. The molecule has 1 aromatic carbocycles. The number of aliphatic carboxylic acids is 2. The predicted octanol–water partition coefficient (Wildman–Crippen LogP) is -1.53. The van der Waals surface area contributed by atoms with Gasteiger partial charge in [-0.15, -0.1) is 11.3 Å². The average molecular weight is 810 g/mol. The lowest BCUT2D eigenvalue weighted by Gasteiger charge is -2.41. The summed E-state index contributed by atoms with van der Waals surface area (Å²) in [5, 5.41) is 48.1. The topological polar surface area (TPSA) is 324 Å². The molecule has 3 aliphatic heterocycles. The first-order valence-corrected chi connectivity index (χ1v) is 17.8. The lowest BCUT2D eigenvalue weighted by atomic mass is 10.1. The molecule has 4 heterocycles. The molecule has 1 saturated carbocycles. The number of phenolic OH excluding ortho intramolecular Hbond substituents is 2. The number of carboxylic acids is 2. The number of hydrogen-bond acceptors (Lipinski definition) is 16. The van der Waals surface area contributed by atoms with Crippen molar-refractivity contribution in [3.8, 4) is 11.5 Å². The lowest BCUT2D eigenvalue weighted by Crippen LogP contribution is -2.68. The van der Waals surface area contributed by atoms with E-state index in [1.807, 2.05) is 0 Å². The third kappa shape index (κ3) is 6.73. The number of carbonyl (C=O) groups excluding carboxylic acids is 6. The monoisotopic (exact) mass is 809 g/mol. The Morgan fingerprint density at radius 3 is 2.43 bits per heavy atom. The number of fused-ring (bicyclic) bond motifs is 1. The SMILES string of the molecule is Nc1nc(/C(=N/OC2(C(=O)O)CC2)C(=O)N[C@@H]2C(=O)N3C[C@@](C(=O)O)(N4CCN(NC(=O)CCNC(=O)C(=O)c5ccc(O)c(O)c5Cl)C4=O)S[C@H]23)cs1. The van der Waals surface area contributed by atoms with E-state index in [-0.39, 0.29) is 43.3 Å². The molecule has 0 spiro atoms. The molecule has 0 unspecified atom stereocenters. The molecule has 2 aromatic rings. The lowest BCUT2D eigenvalue weighted by molar-refractivity contribution is -0.153. The number of oxime groups is 1. The second-order valence-corrected chi connectivity index (χ2v) is 14.8. The Kier molecular flexibility index (Phi) is 9.93. The quantitative estimate of drug-likeness (QED) is 0.0268. The van der Waals surface area contributed by atoms with Crippen LogP contribution < -0.4 is 21.8 Å².